The lowest BCUT2D eigenvalue weighted by atomic mass is 10.0. The maximum atomic E-state index is 12.5. The lowest BCUT2D eigenvalue weighted by Gasteiger charge is -2.14. The summed E-state index contributed by atoms with van der Waals surface area (Å²) in [6, 6.07) is 4.10. The Morgan fingerprint density at radius 2 is 2.06 bits per heavy atom. The van der Waals surface area contributed by atoms with Crippen molar-refractivity contribution in [2.24, 2.45) is 0 Å². The Balaban J connectivity index is 2.29. The van der Waals surface area contributed by atoms with E-state index in [1.54, 1.807) is 0 Å². The summed E-state index contributed by atoms with van der Waals surface area (Å²) in [5.74, 6) is 0. The molecule has 0 spiro atoms. The summed E-state index contributed by atoms with van der Waals surface area (Å²) < 4.78 is 37.4. The lowest BCUT2D eigenvalue weighted by molar-refractivity contribution is -0.137. The van der Waals surface area contributed by atoms with Crippen LogP contribution in [-0.4, -0.2) is 6.54 Å². The molecule has 1 aromatic rings. The van der Waals surface area contributed by atoms with Crippen molar-refractivity contribution >= 4 is 11.6 Å². The van der Waals surface area contributed by atoms with Gasteiger partial charge in [-0.05, 0) is 37.1 Å². The minimum absolute atomic E-state index is 0.139. The maximum Gasteiger partial charge on any atom is 0.417 e. The van der Waals surface area contributed by atoms with Crippen molar-refractivity contribution in [1.29, 1.82) is 0 Å². The number of alkyl halides is 3. The molecule has 16 heavy (non-hydrogen) atoms. The zero-order valence-electron chi connectivity index (χ0n) is 8.44. The highest BCUT2D eigenvalue weighted by Gasteiger charge is 2.33. The highest BCUT2D eigenvalue weighted by atomic mass is 35.5. The van der Waals surface area contributed by atoms with E-state index in [1.165, 1.54) is 12.1 Å². The first-order valence-electron chi connectivity index (χ1n) is 5.08. The maximum absolute atomic E-state index is 12.5. The first-order chi connectivity index (χ1) is 7.48. The van der Waals surface area contributed by atoms with E-state index in [0.29, 0.717) is 0 Å². The smallest absolute Gasteiger partial charge is 0.310 e. The Morgan fingerprint density at radius 1 is 1.31 bits per heavy atom. The van der Waals surface area contributed by atoms with Gasteiger partial charge in [-0.2, -0.15) is 13.2 Å². The van der Waals surface area contributed by atoms with Gasteiger partial charge in [0.1, 0.15) is 0 Å². The van der Waals surface area contributed by atoms with Crippen molar-refractivity contribution in [2.75, 3.05) is 6.54 Å². The summed E-state index contributed by atoms with van der Waals surface area (Å²) in [5, 5.41) is 2.99. The van der Waals surface area contributed by atoms with Crippen LogP contribution in [-0.2, 0) is 6.18 Å². The van der Waals surface area contributed by atoms with Gasteiger partial charge >= 0.3 is 6.18 Å². The van der Waals surface area contributed by atoms with Crippen LogP contribution in [0.5, 0.6) is 0 Å². The molecule has 1 fully saturated rings. The summed E-state index contributed by atoms with van der Waals surface area (Å²) in [5.41, 5.74) is 0.0615. The van der Waals surface area contributed by atoms with E-state index in [4.69, 9.17) is 11.6 Å². The van der Waals surface area contributed by atoms with E-state index in [2.05, 4.69) is 5.32 Å². The second-order valence-corrected chi connectivity index (χ2v) is 4.29. The van der Waals surface area contributed by atoms with Gasteiger partial charge in [0.15, 0.2) is 0 Å². The molecule has 0 aromatic heterocycles. The lowest BCUT2D eigenvalue weighted by Crippen LogP contribution is -2.13. The second-order valence-electron chi connectivity index (χ2n) is 3.89. The van der Waals surface area contributed by atoms with Crippen molar-refractivity contribution in [3.05, 3.63) is 34.3 Å². The van der Waals surface area contributed by atoms with Crippen LogP contribution >= 0.6 is 11.6 Å². The van der Waals surface area contributed by atoms with E-state index in [-0.39, 0.29) is 11.1 Å². The van der Waals surface area contributed by atoms with Crippen molar-refractivity contribution in [2.45, 2.75) is 25.1 Å². The van der Waals surface area contributed by atoms with E-state index in [9.17, 15) is 13.2 Å². The Hall–Kier alpha value is -0.740. The number of hydrogen-bond donors (Lipinski definition) is 1. The third-order valence-corrected chi connectivity index (χ3v) is 3.07. The van der Waals surface area contributed by atoms with Gasteiger partial charge in [-0.1, -0.05) is 17.7 Å². The van der Waals surface area contributed by atoms with Crippen molar-refractivity contribution in [3.63, 3.8) is 0 Å². The SMILES string of the molecule is FC(F)(F)c1ccc([C@H]2CCCN2)cc1Cl. The fourth-order valence-electron chi connectivity index (χ4n) is 1.95. The molecule has 0 aliphatic carbocycles. The monoisotopic (exact) mass is 249 g/mol. The predicted octanol–water partition coefficient (Wildman–Crippen LogP) is 3.78. The molecule has 2 rings (SSSR count). The summed E-state index contributed by atoms with van der Waals surface area (Å²) in [4.78, 5) is 0. The average molecular weight is 250 g/mol. The fourth-order valence-corrected chi connectivity index (χ4v) is 2.24. The van der Waals surface area contributed by atoms with Crippen LogP contribution in [0, 0.1) is 0 Å². The molecule has 1 aliphatic rings. The quantitative estimate of drug-likeness (QED) is 0.799. The first kappa shape index (κ1) is 11.7. The Morgan fingerprint density at radius 3 is 2.56 bits per heavy atom. The summed E-state index contributed by atoms with van der Waals surface area (Å²) >= 11 is 5.64. The van der Waals surface area contributed by atoms with Gasteiger partial charge in [-0.3, -0.25) is 0 Å². The van der Waals surface area contributed by atoms with Gasteiger partial charge in [0.2, 0.25) is 0 Å². The first-order valence-corrected chi connectivity index (χ1v) is 5.46. The van der Waals surface area contributed by atoms with Crippen LogP contribution in [0.2, 0.25) is 5.02 Å². The molecular weight excluding hydrogens is 239 g/mol. The molecule has 0 unspecified atom stereocenters. The molecule has 1 nitrogen and oxygen atoms in total. The minimum atomic E-state index is -4.38. The number of rotatable bonds is 1. The second kappa shape index (κ2) is 4.26. The molecule has 1 heterocycles. The number of halogens is 4. The third-order valence-electron chi connectivity index (χ3n) is 2.76. The molecule has 0 radical (unpaired) electrons. The molecule has 0 saturated carbocycles. The molecular formula is C11H11ClF3N. The zero-order valence-corrected chi connectivity index (χ0v) is 9.20. The molecule has 1 saturated heterocycles. The van der Waals surface area contributed by atoms with Crippen LogP contribution in [0.1, 0.15) is 30.0 Å². The number of nitrogens with one attached hydrogen (secondary N) is 1. The van der Waals surface area contributed by atoms with Gasteiger partial charge in [0.25, 0.3) is 0 Å². The topological polar surface area (TPSA) is 12.0 Å². The zero-order chi connectivity index (χ0) is 11.8. The Kier molecular flexibility index (Phi) is 3.13. The van der Waals surface area contributed by atoms with Crippen molar-refractivity contribution < 1.29 is 13.2 Å². The van der Waals surface area contributed by atoms with Gasteiger partial charge in [0.05, 0.1) is 10.6 Å². The largest absolute Gasteiger partial charge is 0.417 e. The fraction of sp³-hybridized carbons (Fsp3) is 0.455. The van der Waals surface area contributed by atoms with Gasteiger partial charge < -0.3 is 5.32 Å². The van der Waals surface area contributed by atoms with Crippen LogP contribution in [0.25, 0.3) is 0 Å². The molecule has 1 atom stereocenters. The number of benzene rings is 1. The summed E-state index contributed by atoms with van der Waals surface area (Å²) in [6.07, 6.45) is -2.39. The molecule has 1 N–H and O–H groups in total. The number of hydrogen-bond acceptors (Lipinski definition) is 1. The van der Waals surface area contributed by atoms with Crippen LogP contribution in [0.3, 0.4) is 0 Å². The molecule has 88 valence electrons. The van der Waals surface area contributed by atoms with Gasteiger partial charge in [-0.25, -0.2) is 0 Å². The Bertz CT molecular complexity index is 383. The standard InChI is InChI=1S/C11H11ClF3N/c12-9-6-7(10-2-1-5-16-10)3-4-8(9)11(13,14)15/h3-4,6,10,16H,1-2,5H2/t10-/m1/s1. The predicted molar refractivity (Wildman–Crippen MR) is 56.4 cm³/mol. The molecule has 5 heteroatoms. The third kappa shape index (κ3) is 2.33. The Labute approximate surface area is 96.6 Å². The molecule has 0 amide bonds. The normalized spacial score (nSPS) is 21.4. The highest BCUT2D eigenvalue weighted by Crippen LogP contribution is 2.36. The van der Waals surface area contributed by atoms with Gasteiger partial charge in [-0.15, -0.1) is 0 Å². The van der Waals surface area contributed by atoms with Gasteiger partial charge in [0, 0.05) is 6.04 Å². The minimum Gasteiger partial charge on any atom is -0.310 e. The molecule has 1 aromatic carbocycles. The van der Waals surface area contributed by atoms with E-state index >= 15 is 0 Å². The van der Waals surface area contributed by atoms with Crippen LogP contribution in [0.4, 0.5) is 13.2 Å². The van der Waals surface area contributed by atoms with E-state index in [0.717, 1.165) is 31.0 Å². The van der Waals surface area contributed by atoms with Crippen LogP contribution in [0.15, 0.2) is 18.2 Å². The van der Waals surface area contributed by atoms with Crippen LogP contribution < -0.4 is 5.32 Å². The average Bonchev–Trinajstić information content (AvgIpc) is 2.68. The molecule has 1 aliphatic heterocycles. The highest BCUT2D eigenvalue weighted by molar-refractivity contribution is 6.31. The van der Waals surface area contributed by atoms with E-state index in [1.807, 2.05) is 0 Å². The summed E-state index contributed by atoms with van der Waals surface area (Å²) in [7, 11) is 0. The van der Waals surface area contributed by atoms with Crippen molar-refractivity contribution in [1.82, 2.24) is 5.32 Å². The van der Waals surface area contributed by atoms with Crippen molar-refractivity contribution in [3.8, 4) is 0 Å². The van der Waals surface area contributed by atoms with E-state index < -0.39 is 11.7 Å². The summed E-state index contributed by atoms with van der Waals surface area (Å²) in [6.45, 7) is 0.906. The molecule has 0 bridgehead atoms.